The Morgan fingerprint density at radius 1 is 1.22 bits per heavy atom. The lowest BCUT2D eigenvalue weighted by molar-refractivity contribution is 0.0493. The number of aliphatic hydroxyl groups excluding tert-OH is 1. The van der Waals surface area contributed by atoms with Crippen molar-refractivity contribution in [2.75, 3.05) is 47.7 Å². The lowest BCUT2D eigenvalue weighted by Gasteiger charge is -2.28. The standard InChI is InChI=1S/C23H33ClN6O4S2/c1-15-23(35-19-5-7-26-22(20(19)24)30-9-4-12-36(32,33)14-30)28-18(13-31)21(27-15)29-8-3-11-34-16(2)17(25)6-10-29/h5,7,16-17,31H,3-4,6,8-14,25H2,1-2H3/t16-,17-/m0/s1. The molecule has 4 heterocycles. The van der Waals surface area contributed by atoms with Crippen molar-refractivity contribution in [2.24, 2.45) is 5.73 Å². The molecule has 0 bridgehead atoms. The smallest absolute Gasteiger partial charge is 0.168 e. The summed E-state index contributed by atoms with van der Waals surface area (Å²) in [5.41, 5.74) is 7.46. The van der Waals surface area contributed by atoms with Gasteiger partial charge in [-0.15, -0.1) is 0 Å². The topological polar surface area (TPSA) is 135 Å². The van der Waals surface area contributed by atoms with Gasteiger partial charge >= 0.3 is 0 Å². The number of halogens is 1. The van der Waals surface area contributed by atoms with Crippen LogP contribution in [0.5, 0.6) is 0 Å². The van der Waals surface area contributed by atoms with Gasteiger partial charge in [0.1, 0.15) is 22.4 Å². The van der Waals surface area contributed by atoms with Crippen molar-refractivity contribution >= 4 is 44.8 Å². The fourth-order valence-corrected chi connectivity index (χ4v) is 6.96. The summed E-state index contributed by atoms with van der Waals surface area (Å²) in [5, 5.41) is 11.1. The van der Waals surface area contributed by atoms with Crippen molar-refractivity contribution in [2.45, 2.75) is 61.8 Å². The van der Waals surface area contributed by atoms with Gasteiger partial charge in [0.25, 0.3) is 0 Å². The minimum absolute atomic E-state index is 0.00564. The van der Waals surface area contributed by atoms with E-state index in [1.54, 1.807) is 17.2 Å². The fraction of sp³-hybridized carbons (Fsp3) is 0.609. The molecule has 2 fully saturated rings. The molecule has 0 unspecified atom stereocenters. The molecule has 10 nitrogen and oxygen atoms in total. The average Bonchev–Trinajstić information content (AvgIpc) is 2.92. The number of anilines is 2. The van der Waals surface area contributed by atoms with E-state index in [1.165, 1.54) is 11.8 Å². The van der Waals surface area contributed by atoms with E-state index in [9.17, 15) is 13.5 Å². The van der Waals surface area contributed by atoms with Crippen molar-refractivity contribution in [1.82, 2.24) is 15.0 Å². The summed E-state index contributed by atoms with van der Waals surface area (Å²) in [4.78, 5) is 18.4. The van der Waals surface area contributed by atoms with Crippen molar-refractivity contribution in [3.63, 3.8) is 0 Å². The van der Waals surface area contributed by atoms with Crippen LogP contribution in [0.2, 0.25) is 5.02 Å². The van der Waals surface area contributed by atoms with E-state index >= 15 is 0 Å². The number of nitrogens with zero attached hydrogens (tertiary/aromatic N) is 5. The summed E-state index contributed by atoms with van der Waals surface area (Å²) in [6.45, 7) is 6.22. The van der Waals surface area contributed by atoms with E-state index in [0.717, 1.165) is 19.4 Å². The van der Waals surface area contributed by atoms with Gasteiger partial charge in [0.05, 0.1) is 29.2 Å². The monoisotopic (exact) mass is 556 g/mol. The Kier molecular flexibility index (Phi) is 8.95. The van der Waals surface area contributed by atoms with Crippen LogP contribution in [0.15, 0.2) is 22.2 Å². The zero-order valence-corrected chi connectivity index (χ0v) is 22.9. The molecule has 2 aliphatic heterocycles. The van der Waals surface area contributed by atoms with Gasteiger partial charge in [-0.3, -0.25) is 0 Å². The van der Waals surface area contributed by atoms with E-state index in [0.29, 0.717) is 64.1 Å². The first-order valence-electron chi connectivity index (χ1n) is 12.1. The van der Waals surface area contributed by atoms with Crippen LogP contribution in [-0.2, 0) is 21.2 Å². The minimum Gasteiger partial charge on any atom is -0.390 e. The Balaban J connectivity index is 1.59. The molecule has 36 heavy (non-hydrogen) atoms. The number of rotatable bonds is 5. The molecular weight excluding hydrogens is 524 g/mol. The van der Waals surface area contributed by atoms with Crippen molar-refractivity contribution < 1.29 is 18.3 Å². The molecular formula is C23H33ClN6O4S2. The quantitative estimate of drug-likeness (QED) is 0.562. The summed E-state index contributed by atoms with van der Waals surface area (Å²) < 4.78 is 30.0. The summed E-state index contributed by atoms with van der Waals surface area (Å²) in [6, 6.07) is 1.69. The third-order valence-corrected chi connectivity index (χ3v) is 9.63. The Morgan fingerprint density at radius 3 is 2.75 bits per heavy atom. The third kappa shape index (κ3) is 6.40. The van der Waals surface area contributed by atoms with E-state index in [2.05, 4.69) is 9.88 Å². The largest absolute Gasteiger partial charge is 0.390 e. The van der Waals surface area contributed by atoms with E-state index < -0.39 is 9.84 Å². The number of hydrogen-bond acceptors (Lipinski definition) is 11. The first-order valence-corrected chi connectivity index (χ1v) is 15.1. The highest BCUT2D eigenvalue weighted by Gasteiger charge is 2.27. The molecule has 4 rings (SSSR count). The summed E-state index contributed by atoms with van der Waals surface area (Å²) in [5.74, 6) is 1.18. The summed E-state index contributed by atoms with van der Waals surface area (Å²) in [7, 11) is -3.16. The average molecular weight is 557 g/mol. The number of aromatic nitrogens is 3. The van der Waals surface area contributed by atoms with Crippen LogP contribution in [-0.4, -0.2) is 78.5 Å². The second-order valence-electron chi connectivity index (χ2n) is 9.15. The summed E-state index contributed by atoms with van der Waals surface area (Å²) in [6.07, 6.45) is 3.71. The minimum atomic E-state index is -3.16. The maximum atomic E-state index is 12.1. The van der Waals surface area contributed by atoms with Gasteiger partial charge in [0.15, 0.2) is 15.7 Å². The van der Waals surface area contributed by atoms with Crippen LogP contribution in [0.3, 0.4) is 0 Å². The maximum absolute atomic E-state index is 12.1. The van der Waals surface area contributed by atoms with Crippen LogP contribution in [0.25, 0.3) is 0 Å². The van der Waals surface area contributed by atoms with Crippen molar-refractivity contribution in [3.05, 3.63) is 28.7 Å². The van der Waals surface area contributed by atoms with Gasteiger partial charge in [0, 0.05) is 43.4 Å². The highest BCUT2D eigenvalue weighted by Crippen LogP contribution is 2.39. The Hall–Kier alpha value is -1.70. The van der Waals surface area contributed by atoms with Crippen molar-refractivity contribution in [1.29, 1.82) is 0 Å². The number of ether oxygens (including phenoxy) is 1. The highest BCUT2D eigenvalue weighted by molar-refractivity contribution is 7.99. The predicted molar refractivity (Wildman–Crippen MR) is 142 cm³/mol. The molecule has 0 spiro atoms. The number of pyridine rings is 1. The van der Waals surface area contributed by atoms with Crippen LogP contribution in [0, 0.1) is 6.92 Å². The van der Waals surface area contributed by atoms with E-state index in [1.807, 2.05) is 13.8 Å². The molecule has 13 heteroatoms. The Labute approximate surface area is 221 Å². The predicted octanol–water partition coefficient (Wildman–Crippen LogP) is 2.39. The Morgan fingerprint density at radius 2 is 2.00 bits per heavy atom. The molecule has 2 saturated heterocycles. The summed E-state index contributed by atoms with van der Waals surface area (Å²) >= 11 is 8.01. The van der Waals surface area contributed by atoms with Gasteiger partial charge in [-0.2, -0.15) is 0 Å². The number of nitrogens with two attached hydrogens (primary N) is 1. The number of aryl methyl sites for hydroxylation is 1. The zero-order valence-electron chi connectivity index (χ0n) is 20.6. The SMILES string of the molecule is Cc1nc(N2CCCO[C@@H](C)[C@@H](N)CC2)c(CO)nc1Sc1ccnc(N2CCCS(=O)(=O)C2)c1Cl. The van der Waals surface area contributed by atoms with Crippen LogP contribution in [0.1, 0.15) is 37.6 Å². The van der Waals surface area contributed by atoms with Crippen LogP contribution >= 0.6 is 23.4 Å². The van der Waals surface area contributed by atoms with Crippen molar-refractivity contribution in [3.8, 4) is 0 Å². The fourth-order valence-electron chi connectivity index (χ4n) is 4.32. The molecule has 0 saturated carbocycles. The first kappa shape index (κ1) is 27.3. The third-order valence-electron chi connectivity index (χ3n) is 6.39. The number of hydrogen-bond donors (Lipinski definition) is 2. The lowest BCUT2D eigenvalue weighted by atomic mass is 10.1. The van der Waals surface area contributed by atoms with E-state index in [-0.39, 0.29) is 30.4 Å². The van der Waals surface area contributed by atoms with Gasteiger partial charge in [-0.1, -0.05) is 23.4 Å². The van der Waals surface area contributed by atoms with Crippen LogP contribution < -0.4 is 15.5 Å². The van der Waals surface area contributed by atoms with E-state index in [4.69, 9.17) is 32.0 Å². The van der Waals surface area contributed by atoms with Crippen LogP contribution in [0.4, 0.5) is 11.6 Å². The first-order chi connectivity index (χ1) is 17.2. The maximum Gasteiger partial charge on any atom is 0.168 e. The highest BCUT2D eigenvalue weighted by atomic mass is 35.5. The molecule has 198 valence electrons. The lowest BCUT2D eigenvalue weighted by Crippen LogP contribution is -2.38. The molecule has 2 atom stereocenters. The van der Waals surface area contributed by atoms with Gasteiger partial charge in [-0.05, 0) is 39.2 Å². The molecule has 2 aromatic heterocycles. The normalized spacial score (nSPS) is 23.1. The number of aliphatic hydroxyl groups is 1. The molecule has 0 aromatic carbocycles. The zero-order chi connectivity index (χ0) is 25.9. The molecule has 0 amide bonds. The molecule has 2 aromatic rings. The molecule has 3 N–H and O–H groups in total. The second kappa shape index (κ2) is 11.8. The molecule has 2 aliphatic rings. The van der Waals surface area contributed by atoms with Gasteiger partial charge in [0.2, 0.25) is 0 Å². The van der Waals surface area contributed by atoms with Gasteiger partial charge in [-0.25, -0.2) is 23.4 Å². The number of sulfone groups is 1. The second-order valence-corrected chi connectivity index (χ2v) is 12.7. The Bertz CT molecular complexity index is 1190. The molecule has 0 radical (unpaired) electrons. The molecule has 0 aliphatic carbocycles. The van der Waals surface area contributed by atoms with Gasteiger partial charge < -0.3 is 25.4 Å².